The molecule has 1 fully saturated rings. The highest BCUT2D eigenvalue weighted by Gasteiger charge is 2.51. The van der Waals surface area contributed by atoms with Crippen LogP contribution in [0.2, 0.25) is 0 Å². The Morgan fingerprint density at radius 2 is 1.71 bits per heavy atom. The molecule has 1 aromatic rings. The highest BCUT2D eigenvalue weighted by atomic mass is 19.3. The number of methoxy groups -OCH3 is 1. The zero-order chi connectivity index (χ0) is 17.9. The lowest BCUT2D eigenvalue weighted by molar-refractivity contribution is -0.181. The van der Waals surface area contributed by atoms with Crippen LogP contribution < -0.4 is 4.74 Å². The number of rotatable bonds is 5. The molecule has 2 rings (SSSR count). The highest BCUT2D eigenvalue weighted by molar-refractivity contribution is 5.98. The molecule has 0 radical (unpaired) electrons. The van der Waals surface area contributed by atoms with Crippen molar-refractivity contribution in [2.45, 2.75) is 25.2 Å². The number of carbonyl (C=O) groups is 2. The fourth-order valence-electron chi connectivity index (χ4n) is 2.64. The summed E-state index contributed by atoms with van der Waals surface area (Å²) in [4.78, 5) is 24.5. The molecule has 1 aliphatic heterocycles. The van der Waals surface area contributed by atoms with E-state index in [-0.39, 0.29) is 31.7 Å². The van der Waals surface area contributed by atoms with Gasteiger partial charge in [0, 0.05) is 24.6 Å². The van der Waals surface area contributed by atoms with Crippen molar-refractivity contribution in [2.24, 2.45) is 5.92 Å². The van der Waals surface area contributed by atoms with Gasteiger partial charge in [-0.25, -0.2) is 8.78 Å². The number of likely N-dealkylation sites (tertiary alicyclic amines) is 1. The number of piperidine rings is 1. The van der Waals surface area contributed by atoms with Gasteiger partial charge in [-0.3, -0.25) is 9.59 Å². The summed E-state index contributed by atoms with van der Waals surface area (Å²) in [6.07, 6.45) is -3.71. The molecule has 0 aliphatic carbocycles. The summed E-state index contributed by atoms with van der Waals surface area (Å²) >= 11 is 0. The number of hydrogen-bond donors (Lipinski definition) is 0. The van der Waals surface area contributed by atoms with Gasteiger partial charge in [-0.05, 0) is 37.1 Å². The predicted octanol–water partition coefficient (Wildman–Crippen LogP) is 3.02. The van der Waals surface area contributed by atoms with Crippen molar-refractivity contribution in [3.8, 4) is 5.75 Å². The van der Waals surface area contributed by atoms with E-state index in [1.165, 1.54) is 7.11 Å². The van der Waals surface area contributed by atoms with E-state index in [0.29, 0.717) is 16.2 Å². The molecule has 1 aliphatic rings. The molecule has 1 heterocycles. The quantitative estimate of drug-likeness (QED) is 0.608. The number of benzene rings is 1. The fraction of sp³-hybridized carbons (Fsp3) is 0.500. The van der Waals surface area contributed by atoms with Crippen LogP contribution in [0.3, 0.4) is 0 Å². The third-order valence-corrected chi connectivity index (χ3v) is 4.09. The second kappa shape index (κ2) is 7.19. The van der Waals surface area contributed by atoms with Crippen molar-refractivity contribution in [3.05, 3.63) is 29.8 Å². The van der Waals surface area contributed by atoms with Gasteiger partial charge in [-0.1, -0.05) is 0 Å². The second-order valence-electron chi connectivity index (χ2n) is 5.58. The molecular weight excluding hydrogens is 330 g/mol. The molecule has 1 aromatic carbocycles. The first kappa shape index (κ1) is 18.2. The van der Waals surface area contributed by atoms with Crippen LogP contribution in [0.5, 0.6) is 5.75 Å². The number of ketones is 1. The molecule has 4 nitrogen and oxygen atoms in total. The lowest BCUT2D eigenvalue weighted by Crippen LogP contribution is -2.50. The SMILES string of the molecule is COc1ccc(C(=O)C2CCN(C(=O)C(F)(F)C(F)F)CC2)cc1. The van der Waals surface area contributed by atoms with Crippen LogP contribution in [-0.2, 0) is 4.79 Å². The number of nitrogens with zero attached hydrogens (tertiary/aromatic N) is 1. The Balaban J connectivity index is 1.96. The maximum atomic E-state index is 13.1. The van der Waals surface area contributed by atoms with Crippen LogP contribution in [0.4, 0.5) is 17.6 Å². The number of ether oxygens (including phenoxy) is 1. The molecule has 1 saturated heterocycles. The van der Waals surface area contributed by atoms with E-state index in [0.717, 1.165) is 0 Å². The molecule has 0 spiro atoms. The molecule has 0 saturated carbocycles. The summed E-state index contributed by atoms with van der Waals surface area (Å²) in [5, 5.41) is 0. The zero-order valence-electron chi connectivity index (χ0n) is 13.0. The Kier molecular flexibility index (Phi) is 5.46. The number of hydrogen-bond acceptors (Lipinski definition) is 3. The molecule has 0 N–H and O–H groups in total. The van der Waals surface area contributed by atoms with Gasteiger partial charge in [-0.15, -0.1) is 0 Å². The fourth-order valence-corrected chi connectivity index (χ4v) is 2.64. The van der Waals surface area contributed by atoms with Crippen molar-refractivity contribution in [2.75, 3.05) is 20.2 Å². The molecule has 132 valence electrons. The zero-order valence-corrected chi connectivity index (χ0v) is 13.0. The van der Waals surface area contributed by atoms with Crippen LogP contribution in [0, 0.1) is 5.92 Å². The largest absolute Gasteiger partial charge is 0.497 e. The van der Waals surface area contributed by atoms with Gasteiger partial charge in [-0.2, -0.15) is 8.78 Å². The first-order chi connectivity index (χ1) is 11.3. The van der Waals surface area contributed by atoms with Gasteiger partial charge in [0.15, 0.2) is 5.78 Å². The van der Waals surface area contributed by atoms with E-state index in [9.17, 15) is 27.2 Å². The van der Waals surface area contributed by atoms with Crippen LogP contribution in [-0.4, -0.2) is 49.1 Å². The van der Waals surface area contributed by atoms with Crippen LogP contribution in [0.1, 0.15) is 23.2 Å². The molecule has 0 bridgehead atoms. The van der Waals surface area contributed by atoms with E-state index in [4.69, 9.17) is 4.74 Å². The second-order valence-corrected chi connectivity index (χ2v) is 5.58. The lowest BCUT2D eigenvalue weighted by atomic mass is 9.88. The molecule has 24 heavy (non-hydrogen) atoms. The van der Waals surface area contributed by atoms with E-state index >= 15 is 0 Å². The summed E-state index contributed by atoms with van der Waals surface area (Å²) in [5.74, 6) is -6.56. The highest BCUT2D eigenvalue weighted by Crippen LogP contribution is 2.29. The molecule has 1 amide bonds. The third kappa shape index (κ3) is 3.68. The van der Waals surface area contributed by atoms with Crippen LogP contribution in [0.25, 0.3) is 0 Å². The Morgan fingerprint density at radius 3 is 2.17 bits per heavy atom. The van der Waals surface area contributed by atoms with Crippen molar-refractivity contribution in [1.82, 2.24) is 4.90 Å². The minimum Gasteiger partial charge on any atom is -0.497 e. The summed E-state index contributed by atoms with van der Waals surface area (Å²) in [7, 11) is 1.50. The number of carbonyl (C=O) groups excluding carboxylic acids is 2. The Bertz CT molecular complexity index is 596. The summed E-state index contributed by atoms with van der Waals surface area (Å²) in [5.41, 5.74) is 0.457. The van der Waals surface area contributed by atoms with Gasteiger partial charge < -0.3 is 9.64 Å². The predicted molar refractivity (Wildman–Crippen MR) is 77.6 cm³/mol. The normalized spacial score (nSPS) is 16.3. The summed E-state index contributed by atoms with van der Waals surface area (Å²) < 4.78 is 55.7. The number of halogens is 4. The Labute approximate surface area is 136 Å². The minimum absolute atomic E-state index is 0.145. The number of alkyl halides is 4. The monoisotopic (exact) mass is 347 g/mol. The molecule has 8 heteroatoms. The molecular formula is C16H17F4NO3. The van der Waals surface area contributed by atoms with Gasteiger partial charge >= 0.3 is 12.3 Å². The van der Waals surface area contributed by atoms with Crippen LogP contribution >= 0.6 is 0 Å². The van der Waals surface area contributed by atoms with E-state index in [1.807, 2.05) is 0 Å². The molecule has 0 unspecified atom stereocenters. The molecule has 0 atom stereocenters. The Morgan fingerprint density at radius 1 is 1.17 bits per heavy atom. The number of Topliss-reactive ketones (excluding diaryl/α,β-unsaturated/α-hetero) is 1. The maximum absolute atomic E-state index is 13.1. The lowest BCUT2D eigenvalue weighted by Gasteiger charge is -2.33. The topological polar surface area (TPSA) is 46.6 Å². The van der Waals surface area contributed by atoms with E-state index in [1.54, 1.807) is 24.3 Å². The third-order valence-electron chi connectivity index (χ3n) is 4.09. The minimum atomic E-state index is -4.69. The van der Waals surface area contributed by atoms with E-state index < -0.39 is 24.2 Å². The van der Waals surface area contributed by atoms with Crippen molar-refractivity contribution in [3.63, 3.8) is 0 Å². The van der Waals surface area contributed by atoms with Gasteiger partial charge in [0.1, 0.15) is 5.75 Å². The van der Waals surface area contributed by atoms with Gasteiger partial charge in [0.2, 0.25) is 0 Å². The van der Waals surface area contributed by atoms with Crippen molar-refractivity contribution >= 4 is 11.7 Å². The van der Waals surface area contributed by atoms with Crippen LogP contribution in [0.15, 0.2) is 24.3 Å². The molecule has 0 aromatic heterocycles. The number of amides is 1. The average molecular weight is 347 g/mol. The summed E-state index contributed by atoms with van der Waals surface area (Å²) in [6.45, 7) is -0.290. The van der Waals surface area contributed by atoms with Crippen molar-refractivity contribution < 1.29 is 31.9 Å². The van der Waals surface area contributed by atoms with Gasteiger partial charge in [0.25, 0.3) is 5.91 Å². The van der Waals surface area contributed by atoms with Gasteiger partial charge in [0.05, 0.1) is 7.11 Å². The first-order valence-corrected chi connectivity index (χ1v) is 7.41. The average Bonchev–Trinajstić information content (AvgIpc) is 2.60. The van der Waals surface area contributed by atoms with Crippen molar-refractivity contribution in [1.29, 1.82) is 0 Å². The Hall–Kier alpha value is -2.12. The standard InChI is InChI=1S/C16H17F4NO3/c1-24-12-4-2-10(3-5-12)13(22)11-6-8-21(9-7-11)15(23)16(19,20)14(17)18/h2-5,11,14H,6-9H2,1H3. The van der Waals surface area contributed by atoms with E-state index in [2.05, 4.69) is 0 Å². The first-order valence-electron chi connectivity index (χ1n) is 7.41. The maximum Gasteiger partial charge on any atom is 0.383 e. The summed E-state index contributed by atoms with van der Waals surface area (Å²) in [6, 6.07) is 6.47. The smallest absolute Gasteiger partial charge is 0.383 e.